The first kappa shape index (κ1) is 15.6. The minimum Gasteiger partial charge on any atom is -0.347 e. The van der Waals surface area contributed by atoms with E-state index in [2.05, 4.69) is 16.2 Å². The van der Waals surface area contributed by atoms with Crippen molar-refractivity contribution in [3.8, 4) is 0 Å². The lowest BCUT2D eigenvalue weighted by Gasteiger charge is -2.20. The lowest BCUT2D eigenvalue weighted by Crippen LogP contribution is -2.41. The molecule has 0 saturated heterocycles. The van der Waals surface area contributed by atoms with Gasteiger partial charge in [0.2, 0.25) is 5.91 Å². The molecule has 1 saturated carbocycles. The van der Waals surface area contributed by atoms with E-state index in [1.165, 1.54) is 6.42 Å². The zero-order valence-corrected chi connectivity index (χ0v) is 12.6. The Kier molecular flexibility index (Phi) is 5.87. The summed E-state index contributed by atoms with van der Waals surface area (Å²) in [5, 5.41) is 3.27. The Hall–Kier alpha value is -1.75. The zero-order chi connectivity index (χ0) is 15.1. The summed E-state index contributed by atoms with van der Waals surface area (Å²) in [5.41, 5.74) is 5.96. The molecule has 0 spiro atoms. The minimum absolute atomic E-state index is 0.0207. The lowest BCUT2D eigenvalue weighted by molar-refractivity contribution is -0.129. The molecule has 0 aliphatic heterocycles. The fraction of sp³-hybridized carbons (Fsp3) is 0.467. The van der Waals surface area contributed by atoms with Crippen LogP contribution in [0, 0.1) is 5.92 Å². The van der Waals surface area contributed by atoms with E-state index in [-0.39, 0.29) is 24.3 Å². The van der Waals surface area contributed by atoms with Gasteiger partial charge in [0.05, 0.1) is 12.2 Å². The van der Waals surface area contributed by atoms with Gasteiger partial charge in [-0.15, -0.1) is 0 Å². The number of halogens is 1. The zero-order valence-electron chi connectivity index (χ0n) is 11.8. The fourth-order valence-electron chi connectivity index (χ4n) is 2.43. The second-order valence-corrected chi connectivity index (χ2v) is 5.67. The molecule has 0 unspecified atom stereocenters. The summed E-state index contributed by atoms with van der Waals surface area (Å²) < 4.78 is 0. The van der Waals surface area contributed by atoms with Crippen LogP contribution in [-0.4, -0.2) is 18.4 Å². The molecule has 0 atom stereocenters. The largest absolute Gasteiger partial charge is 0.347 e. The molecule has 0 aromatic heterocycles. The smallest absolute Gasteiger partial charge is 0.257 e. The average molecular weight is 310 g/mol. The van der Waals surface area contributed by atoms with Gasteiger partial charge >= 0.3 is 0 Å². The Morgan fingerprint density at radius 3 is 2.67 bits per heavy atom. The molecule has 5 nitrogen and oxygen atoms in total. The highest BCUT2D eigenvalue weighted by Gasteiger charge is 2.21. The monoisotopic (exact) mass is 309 g/mol. The Morgan fingerprint density at radius 2 is 1.95 bits per heavy atom. The third-order valence-corrected chi connectivity index (χ3v) is 3.81. The molecule has 0 radical (unpaired) electrons. The molecule has 2 rings (SSSR count). The van der Waals surface area contributed by atoms with Crippen molar-refractivity contribution in [2.45, 2.75) is 32.1 Å². The van der Waals surface area contributed by atoms with Crippen LogP contribution in [0.15, 0.2) is 24.3 Å². The van der Waals surface area contributed by atoms with Crippen LogP contribution in [0.4, 0.5) is 5.69 Å². The Balaban J connectivity index is 1.68. The molecule has 1 aromatic rings. The van der Waals surface area contributed by atoms with Gasteiger partial charge in [-0.2, -0.15) is 0 Å². The number of carbonyl (C=O) groups excluding carboxylic acids is 2. The highest BCUT2D eigenvalue weighted by Crippen LogP contribution is 2.23. The highest BCUT2D eigenvalue weighted by atomic mass is 35.5. The van der Waals surface area contributed by atoms with E-state index in [0.717, 1.165) is 25.7 Å². The van der Waals surface area contributed by atoms with Gasteiger partial charge in [-0.3, -0.25) is 20.4 Å². The SMILES string of the molecule is O=C(CNC(=O)C1CCCCC1)NNc1cccc(Cl)c1. The van der Waals surface area contributed by atoms with Gasteiger partial charge in [-0.1, -0.05) is 36.9 Å². The first-order valence-corrected chi connectivity index (χ1v) is 7.61. The summed E-state index contributed by atoms with van der Waals surface area (Å²) in [6, 6.07) is 7.01. The number of hydrazine groups is 1. The number of carbonyl (C=O) groups is 2. The van der Waals surface area contributed by atoms with Crippen LogP contribution in [0.3, 0.4) is 0 Å². The van der Waals surface area contributed by atoms with Crippen LogP contribution < -0.4 is 16.2 Å². The number of benzene rings is 1. The molecule has 1 aliphatic carbocycles. The molecule has 6 heteroatoms. The van der Waals surface area contributed by atoms with Crippen LogP contribution in [0.1, 0.15) is 32.1 Å². The van der Waals surface area contributed by atoms with Crippen molar-refractivity contribution in [3.05, 3.63) is 29.3 Å². The number of hydrogen-bond acceptors (Lipinski definition) is 3. The summed E-state index contributed by atoms with van der Waals surface area (Å²) in [4.78, 5) is 23.6. The molecule has 1 fully saturated rings. The maximum atomic E-state index is 11.9. The number of hydrogen-bond donors (Lipinski definition) is 3. The lowest BCUT2D eigenvalue weighted by atomic mass is 9.89. The van der Waals surface area contributed by atoms with Crippen molar-refractivity contribution < 1.29 is 9.59 Å². The summed E-state index contributed by atoms with van der Waals surface area (Å²) in [5.74, 6) is -0.251. The van der Waals surface area contributed by atoms with E-state index in [9.17, 15) is 9.59 Å². The van der Waals surface area contributed by atoms with E-state index < -0.39 is 0 Å². The van der Waals surface area contributed by atoms with Gasteiger partial charge in [-0.25, -0.2) is 0 Å². The van der Waals surface area contributed by atoms with Gasteiger partial charge in [0, 0.05) is 10.9 Å². The van der Waals surface area contributed by atoms with Crippen molar-refractivity contribution in [1.29, 1.82) is 0 Å². The van der Waals surface area contributed by atoms with Gasteiger partial charge in [0.25, 0.3) is 5.91 Å². The number of amides is 2. The van der Waals surface area contributed by atoms with Gasteiger partial charge < -0.3 is 5.32 Å². The van der Waals surface area contributed by atoms with Crippen molar-refractivity contribution >= 4 is 29.1 Å². The van der Waals surface area contributed by atoms with Crippen LogP contribution in [0.25, 0.3) is 0 Å². The molecule has 1 aromatic carbocycles. The third-order valence-electron chi connectivity index (χ3n) is 3.57. The summed E-state index contributed by atoms with van der Waals surface area (Å²) in [6.45, 7) is -0.0249. The molecular weight excluding hydrogens is 290 g/mol. The molecule has 3 N–H and O–H groups in total. The predicted molar refractivity (Wildman–Crippen MR) is 82.8 cm³/mol. The quantitative estimate of drug-likeness (QED) is 0.732. The number of rotatable bonds is 5. The van der Waals surface area contributed by atoms with Crippen molar-refractivity contribution in [3.63, 3.8) is 0 Å². The predicted octanol–water partition coefficient (Wildman–Crippen LogP) is 2.48. The molecule has 114 valence electrons. The van der Waals surface area contributed by atoms with E-state index in [1.807, 2.05) is 0 Å². The topological polar surface area (TPSA) is 70.2 Å². The normalized spacial score (nSPS) is 15.3. The number of anilines is 1. The summed E-state index contributed by atoms with van der Waals surface area (Å²) in [6.07, 6.45) is 5.25. The van der Waals surface area contributed by atoms with Crippen molar-refractivity contribution in [2.75, 3.05) is 12.0 Å². The number of nitrogens with one attached hydrogen (secondary N) is 3. The average Bonchev–Trinajstić information content (AvgIpc) is 2.51. The maximum absolute atomic E-state index is 11.9. The summed E-state index contributed by atoms with van der Waals surface area (Å²) >= 11 is 5.84. The molecule has 0 bridgehead atoms. The Morgan fingerprint density at radius 1 is 1.19 bits per heavy atom. The van der Waals surface area contributed by atoms with E-state index in [0.29, 0.717) is 10.7 Å². The Labute approximate surface area is 129 Å². The third kappa shape index (κ3) is 5.27. The van der Waals surface area contributed by atoms with Crippen LogP contribution >= 0.6 is 11.6 Å². The molecule has 0 heterocycles. The van der Waals surface area contributed by atoms with Crippen LogP contribution in [0.2, 0.25) is 5.02 Å². The van der Waals surface area contributed by atoms with Crippen molar-refractivity contribution in [2.24, 2.45) is 5.92 Å². The first-order valence-electron chi connectivity index (χ1n) is 7.23. The first-order chi connectivity index (χ1) is 10.1. The minimum atomic E-state index is -0.292. The molecule has 2 amide bonds. The fourth-order valence-corrected chi connectivity index (χ4v) is 2.62. The second-order valence-electron chi connectivity index (χ2n) is 5.24. The highest BCUT2D eigenvalue weighted by molar-refractivity contribution is 6.30. The van der Waals surface area contributed by atoms with Gasteiger partial charge in [0.15, 0.2) is 0 Å². The van der Waals surface area contributed by atoms with E-state index in [4.69, 9.17) is 11.6 Å². The molecule has 21 heavy (non-hydrogen) atoms. The second kappa shape index (κ2) is 7.88. The van der Waals surface area contributed by atoms with Crippen molar-refractivity contribution in [1.82, 2.24) is 10.7 Å². The standard InChI is InChI=1S/C15H20ClN3O2/c16-12-7-4-8-13(9-12)18-19-14(20)10-17-15(21)11-5-2-1-3-6-11/h4,7-9,11,18H,1-3,5-6,10H2,(H,17,21)(H,19,20). The van der Waals surface area contributed by atoms with Crippen LogP contribution in [0.5, 0.6) is 0 Å². The van der Waals surface area contributed by atoms with Gasteiger partial charge in [0.1, 0.15) is 0 Å². The summed E-state index contributed by atoms with van der Waals surface area (Å²) in [7, 11) is 0. The molecule has 1 aliphatic rings. The van der Waals surface area contributed by atoms with Gasteiger partial charge in [-0.05, 0) is 31.0 Å². The molecular formula is C15H20ClN3O2. The van der Waals surface area contributed by atoms with E-state index in [1.54, 1.807) is 24.3 Å². The van der Waals surface area contributed by atoms with Crippen LogP contribution in [-0.2, 0) is 9.59 Å². The Bertz CT molecular complexity index is 501. The van der Waals surface area contributed by atoms with E-state index >= 15 is 0 Å². The maximum Gasteiger partial charge on any atom is 0.257 e.